The largest absolute Gasteiger partial charge is 0.330 e. The Morgan fingerprint density at radius 1 is 1.42 bits per heavy atom. The number of nitrogens with two attached hydrogens (primary N) is 1. The predicted molar refractivity (Wildman–Crippen MR) is 53.7 cm³/mol. The van der Waals surface area contributed by atoms with E-state index in [4.69, 9.17) is 5.73 Å². The molecule has 0 rings (SSSR count). The standard InChI is InChI=1S/C10H20N2/c1-4-5-6-12-8-10(7-11)9(2)3/h9-10,12H,6-8,11H2,1-3H3. The van der Waals surface area contributed by atoms with Crippen LogP contribution in [0.25, 0.3) is 0 Å². The molecule has 2 heteroatoms. The minimum atomic E-state index is 0.573. The molecule has 70 valence electrons. The van der Waals surface area contributed by atoms with Crippen molar-refractivity contribution in [1.82, 2.24) is 5.32 Å². The average Bonchev–Trinajstić information content (AvgIpc) is 2.04. The van der Waals surface area contributed by atoms with Crippen LogP contribution in [0.5, 0.6) is 0 Å². The Hall–Kier alpha value is -0.520. The van der Waals surface area contributed by atoms with Gasteiger partial charge in [0, 0.05) is 6.54 Å². The third-order valence-electron chi connectivity index (χ3n) is 2.04. The van der Waals surface area contributed by atoms with Gasteiger partial charge in [-0.2, -0.15) is 0 Å². The summed E-state index contributed by atoms with van der Waals surface area (Å²) < 4.78 is 0. The van der Waals surface area contributed by atoms with Crippen LogP contribution in [-0.2, 0) is 0 Å². The Morgan fingerprint density at radius 2 is 2.08 bits per heavy atom. The van der Waals surface area contributed by atoms with Gasteiger partial charge in [0.1, 0.15) is 0 Å². The first-order valence-electron chi connectivity index (χ1n) is 4.52. The molecule has 0 fully saturated rings. The molecule has 1 unspecified atom stereocenters. The fourth-order valence-electron chi connectivity index (χ4n) is 1.000. The summed E-state index contributed by atoms with van der Waals surface area (Å²) in [6.07, 6.45) is 0. The molecule has 0 saturated heterocycles. The lowest BCUT2D eigenvalue weighted by molar-refractivity contribution is 0.378. The number of hydrogen-bond acceptors (Lipinski definition) is 2. The first-order valence-corrected chi connectivity index (χ1v) is 4.52. The normalized spacial score (nSPS) is 12.4. The SMILES string of the molecule is CC#CCNCC(CN)C(C)C. The fraction of sp³-hybridized carbons (Fsp3) is 0.800. The summed E-state index contributed by atoms with van der Waals surface area (Å²) in [7, 11) is 0. The maximum atomic E-state index is 5.61. The maximum absolute atomic E-state index is 5.61. The Kier molecular flexibility index (Phi) is 6.84. The van der Waals surface area contributed by atoms with Crippen molar-refractivity contribution in [2.75, 3.05) is 19.6 Å². The Balaban J connectivity index is 3.49. The summed E-state index contributed by atoms with van der Waals surface area (Å²) in [4.78, 5) is 0. The van der Waals surface area contributed by atoms with Crippen LogP contribution in [0.1, 0.15) is 20.8 Å². The second-order valence-corrected chi connectivity index (χ2v) is 3.30. The van der Waals surface area contributed by atoms with Gasteiger partial charge in [0.15, 0.2) is 0 Å². The van der Waals surface area contributed by atoms with Gasteiger partial charge in [-0.1, -0.05) is 19.8 Å². The van der Waals surface area contributed by atoms with E-state index >= 15 is 0 Å². The molecule has 0 aliphatic carbocycles. The van der Waals surface area contributed by atoms with Crippen LogP contribution in [-0.4, -0.2) is 19.6 Å². The predicted octanol–water partition coefficient (Wildman–Crippen LogP) is 0.830. The van der Waals surface area contributed by atoms with E-state index in [1.54, 1.807) is 0 Å². The molecule has 0 aromatic rings. The molecule has 0 spiro atoms. The second-order valence-electron chi connectivity index (χ2n) is 3.30. The van der Waals surface area contributed by atoms with Crippen LogP contribution in [0.3, 0.4) is 0 Å². The first kappa shape index (κ1) is 11.5. The van der Waals surface area contributed by atoms with E-state index < -0.39 is 0 Å². The number of nitrogens with one attached hydrogen (secondary N) is 1. The van der Waals surface area contributed by atoms with Crippen LogP contribution in [0, 0.1) is 23.7 Å². The summed E-state index contributed by atoms with van der Waals surface area (Å²) in [5.74, 6) is 7.03. The molecule has 0 bridgehead atoms. The lowest BCUT2D eigenvalue weighted by Gasteiger charge is -2.18. The first-order chi connectivity index (χ1) is 5.72. The zero-order valence-corrected chi connectivity index (χ0v) is 8.35. The molecule has 0 aliphatic rings. The van der Waals surface area contributed by atoms with Gasteiger partial charge >= 0.3 is 0 Å². The van der Waals surface area contributed by atoms with Crippen molar-refractivity contribution >= 4 is 0 Å². The van der Waals surface area contributed by atoms with Crippen LogP contribution in [0.2, 0.25) is 0 Å². The van der Waals surface area contributed by atoms with Crippen molar-refractivity contribution in [3.8, 4) is 11.8 Å². The van der Waals surface area contributed by atoms with Gasteiger partial charge in [0.25, 0.3) is 0 Å². The molecule has 12 heavy (non-hydrogen) atoms. The number of rotatable bonds is 5. The van der Waals surface area contributed by atoms with E-state index in [9.17, 15) is 0 Å². The summed E-state index contributed by atoms with van der Waals surface area (Å²) in [6, 6.07) is 0. The summed E-state index contributed by atoms with van der Waals surface area (Å²) in [5.41, 5.74) is 5.61. The quantitative estimate of drug-likeness (QED) is 0.471. The van der Waals surface area contributed by atoms with Crippen molar-refractivity contribution in [3.63, 3.8) is 0 Å². The van der Waals surface area contributed by atoms with E-state index in [-0.39, 0.29) is 0 Å². The zero-order chi connectivity index (χ0) is 9.40. The van der Waals surface area contributed by atoms with Crippen molar-refractivity contribution < 1.29 is 0 Å². The van der Waals surface area contributed by atoms with Crippen LogP contribution >= 0.6 is 0 Å². The third-order valence-corrected chi connectivity index (χ3v) is 2.04. The molecular formula is C10H20N2. The smallest absolute Gasteiger partial charge is 0.0576 e. The summed E-state index contributed by atoms with van der Waals surface area (Å²) >= 11 is 0. The molecule has 0 heterocycles. The van der Waals surface area contributed by atoms with Gasteiger partial charge in [-0.3, -0.25) is 0 Å². The van der Waals surface area contributed by atoms with Gasteiger partial charge in [0.2, 0.25) is 0 Å². The average molecular weight is 168 g/mol. The highest BCUT2D eigenvalue weighted by atomic mass is 14.9. The van der Waals surface area contributed by atoms with E-state index in [1.165, 1.54) is 0 Å². The highest BCUT2D eigenvalue weighted by Gasteiger charge is 2.09. The minimum Gasteiger partial charge on any atom is -0.330 e. The van der Waals surface area contributed by atoms with Gasteiger partial charge in [0.05, 0.1) is 6.54 Å². The monoisotopic (exact) mass is 168 g/mol. The van der Waals surface area contributed by atoms with Crippen LogP contribution in [0.4, 0.5) is 0 Å². The van der Waals surface area contributed by atoms with E-state index in [0.29, 0.717) is 11.8 Å². The van der Waals surface area contributed by atoms with Gasteiger partial charge in [-0.25, -0.2) is 0 Å². The fourth-order valence-corrected chi connectivity index (χ4v) is 1.000. The molecule has 2 nitrogen and oxygen atoms in total. The molecule has 0 radical (unpaired) electrons. The molecule has 0 aromatic heterocycles. The molecule has 3 N–H and O–H groups in total. The van der Waals surface area contributed by atoms with Crippen molar-refractivity contribution in [1.29, 1.82) is 0 Å². The molecule has 0 saturated carbocycles. The van der Waals surface area contributed by atoms with Crippen molar-refractivity contribution in [2.45, 2.75) is 20.8 Å². The van der Waals surface area contributed by atoms with E-state index in [1.807, 2.05) is 6.92 Å². The maximum Gasteiger partial charge on any atom is 0.0576 e. The topological polar surface area (TPSA) is 38.0 Å². The second kappa shape index (κ2) is 7.15. The van der Waals surface area contributed by atoms with E-state index in [0.717, 1.165) is 19.6 Å². The van der Waals surface area contributed by atoms with Gasteiger partial charge in [-0.15, -0.1) is 5.92 Å². The molecule has 0 amide bonds. The van der Waals surface area contributed by atoms with Gasteiger partial charge < -0.3 is 11.1 Å². The van der Waals surface area contributed by atoms with Crippen molar-refractivity contribution in [3.05, 3.63) is 0 Å². The van der Waals surface area contributed by atoms with Crippen molar-refractivity contribution in [2.24, 2.45) is 17.6 Å². The molecule has 1 atom stereocenters. The molecular weight excluding hydrogens is 148 g/mol. The molecule has 0 aliphatic heterocycles. The summed E-state index contributed by atoms with van der Waals surface area (Å²) in [5, 5.41) is 3.27. The number of hydrogen-bond donors (Lipinski definition) is 2. The van der Waals surface area contributed by atoms with Gasteiger partial charge in [-0.05, 0) is 25.3 Å². The van der Waals surface area contributed by atoms with Crippen LogP contribution in [0.15, 0.2) is 0 Å². The minimum absolute atomic E-state index is 0.573. The zero-order valence-electron chi connectivity index (χ0n) is 8.35. The third kappa shape index (κ3) is 5.17. The Labute approximate surface area is 75.9 Å². The highest BCUT2D eigenvalue weighted by molar-refractivity contribution is 4.97. The Morgan fingerprint density at radius 3 is 2.50 bits per heavy atom. The highest BCUT2D eigenvalue weighted by Crippen LogP contribution is 2.06. The lowest BCUT2D eigenvalue weighted by atomic mass is 9.96. The Bertz CT molecular complexity index is 153. The van der Waals surface area contributed by atoms with E-state index in [2.05, 4.69) is 31.0 Å². The lowest BCUT2D eigenvalue weighted by Crippen LogP contribution is -2.31. The van der Waals surface area contributed by atoms with Crippen LogP contribution < -0.4 is 11.1 Å². The molecule has 0 aromatic carbocycles. The summed E-state index contributed by atoms with van der Waals surface area (Å²) in [6.45, 7) is 8.76.